The molecule has 4 nitrogen and oxygen atoms in total. The van der Waals surface area contributed by atoms with Crippen LogP contribution in [0.15, 0.2) is 24.3 Å². The zero-order chi connectivity index (χ0) is 15.9. The molecule has 0 radical (unpaired) electrons. The second kappa shape index (κ2) is 8.08. The van der Waals surface area contributed by atoms with Crippen LogP contribution in [0.1, 0.15) is 48.5 Å². The third kappa shape index (κ3) is 4.67. The molecule has 2 rings (SSSR count). The highest BCUT2D eigenvalue weighted by molar-refractivity contribution is 5.99. The van der Waals surface area contributed by atoms with Crippen LogP contribution in [0.5, 0.6) is 0 Å². The Hall–Kier alpha value is -1.68. The van der Waals surface area contributed by atoms with Crippen molar-refractivity contribution >= 4 is 11.8 Å². The number of carboxylic acids is 1. The number of ketones is 1. The predicted molar refractivity (Wildman–Crippen MR) is 86.2 cm³/mol. The van der Waals surface area contributed by atoms with Crippen LogP contribution in [0, 0.1) is 5.92 Å². The molecule has 0 aromatic heterocycles. The minimum absolute atomic E-state index is 0.0457. The number of likely N-dealkylation sites (tertiary alicyclic amines) is 1. The van der Waals surface area contributed by atoms with Crippen LogP contribution < -0.4 is 0 Å². The van der Waals surface area contributed by atoms with E-state index < -0.39 is 11.9 Å². The maximum atomic E-state index is 12.7. The van der Waals surface area contributed by atoms with Crippen LogP contribution in [-0.4, -0.2) is 41.4 Å². The molecule has 0 saturated carbocycles. The third-order valence-corrected chi connectivity index (χ3v) is 4.37. The number of benzene rings is 1. The maximum absolute atomic E-state index is 12.7. The molecular formula is C18H25NO3. The molecule has 0 amide bonds. The van der Waals surface area contributed by atoms with Crippen molar-refractivity contribution in [2.24, 2.45) is 5.92 Å². The highest BCUT2D eigenvalue weighted by atomic mass is 16.4. The first-order valence-corrected chi connectivity index (χ1v) is 8.17. The van der Waals surface area contributed by atoms with E-state index in [2.05, 4.69) is 11.8 Å². The fourth-order valence-electron chi connectivity index (χ4n) is 3.05. The lowest BCUT2D eigenvalue weighted by atomic mass is 9.92. The first-order valence-electron chi connectivity index (χ1n) is 8.17. The number of piperidine rings is 1. The summed E-state index contributed by atoms with van der Waals surface area (Å²) in [4.78, 5) is 26.0. The van der Waals surface area contributed by atoms with Gasteiger partial charge in [-0.1, -0.05) is 37.6 Å². The molecule has 1 aromatic carbocycles. The molecule has 1 N–H and O–H groups in total. The minimum Gasteiger partial charge on any atom is -0.481 e. The van der Waals surface area contributed by atoms with Gasteiger partial charge in [-0.3, -0.25) is 9.59 Å². The van der Waals surface area contributed by atoms with Gasteiger partial charge in [-0.2, -0.15) is 0 Å². The second-order valence-electron chi connectivity index (χ2n) is 6.07. The zero-order valence-electron chi connectivity index (χ0n) is 13.3. The lowest BCUT2D eigenvalue weighted by molar-refractivity contribution is -0.137. The van der Waals surface area contributed by atoms with Crippen LogP contribution in [0.4, 0.5) is 0 Å². The first kappa shape index (κ1) is 16.7. The van der Waals surface area contributed by atoms with E-state index in [-0.39, 0.29) is 12.2 Å². The Morgan fingerprint density at radius 1 is 1.14 bits per heavy atom. The van der Waals surface area contributed by atoms with Crippen molar-refractivity contribution in [3.05, 3.63) is 35.4 Å². The van der Waals surface area contributed by atoms with Crippen LogP contribution in [-0.2, 0) is 11.2 Å². The standard InChI is InChI=1S/C18H25NO3/c1-2-14-6-8-15(9-7-14)18(22)16(12-17(20)21)13-19-10-4-3-5-11-19/h6-9,16H,2-5,10-13H2,1H3,(H,20,21). The van der Waals surface area contributed by atoms with Crippen molar-refractivity contribution in [2.45, 2.75) is 39.0 Å². The van der Waals surface area contributed by atoms with Crippen LogP contribution in [0.25, 0.3) is 0 Å². The van der Waals surface area contributed by atoms with Gasteiger partial charge in [0.15, 0.2) is 5.78 Å². The number of rotatable bonds is 7. The largest absolute Gasteiger partial charge is 0.481 e. The van der Waals surface area contributed by atoms with Gasteiger partial charge in [0.1, 0.15) is 0 Å². The molecule has 1 fully saturated rings. The number of carboxylic acid groups (broad SMARTS) is 1. The molecule has 0 aliphatic carbocycles. The average Bonchev–Trinajstić information content (AvgIpc) is 2.54. The number of carbonyl (C=O) groups is 2. The second-order valence-corrected chi connectivity index (χ2v) is 6.07. The van der Waals surface area contributed by atoms with Gasteiger partial charge < -0.3 is 10.0 Å². The molecule has 1 saturated heterocycles. The molecule has 1 aliphatic rings. The predicted octanol–water partition coefficient (Wildman–Crippen LogP) is 3.01. The van der Waals surface area contributed by atoms with Gasteiger partial charge in [-0.15, -0.1) is 0 Å². The van der Waals surface area contributed by atoms with E-state index in [0.717, 1.165) is 32.4 Å². The summed E-state index contributed by atoms with van der Waals surface area (Å²) in [5.41, 5.74) is 1.81. The fraction of sp³-hybridized carbons (Fsp3) is 0.556. The number of carbonyl (C=O) groups excluding carboxylic acids is 1. The van der Waals surface area contributed by atoms with Crippen molar-refractivity contribution in [3.63, 3.8) is 0 Å². The number of nitrogens with zero attached hydrogens (tertiary/aromatic N) is 1. The van der Waals surface area contributed by atoms with E-state index in [1.807, 2.05) is 24.3 Å². The van der Waals surface area contributed by atoms with Gasteiger partial charge in [0.25, 0.3) is 0 Å². The monoisotopic (exact) mass is 303 g/mol. The summed E-state index contributed by atoms with van der Waals surface area (Å²) < 4.78 is 0. The van der Waals surface area contributed by atoms with Gasteiger partial charge in [0.2, 0.25) is 0 Å². The van der Waals surface area contributed by atoms with Crippen LogP contribution >= 0.6 is 0 Å². The average molecular weight is 303 g/mol. The van der Waals surface area contributed by atoms with E-state index in [4.69, 9.17) is 5.11 Å². The summed E-state index contributed by atoms with van der Waals surface area (Å²) in [7, 11) is 0. The topological polar surface area (TPSA) is 57.6 Å². The van der Waals surface area contributed by atoms with Crippen molar-refractivity contribution in [2.75, 3.05) is 19.6 Å². The Morgan fingerprint density at radius 2 is 1.77 bits per heavy atom. The highest BCUT2D eigenvalue weighted by Crippen LogP contribution is 2.18. The smallest absolute Gasteiger partial charge is 0.304 e. The third-order valence-electron chi connectivity index (χ3n) is 4.37. The SMILES string of the molecule is CCc1ccc(C(=O)C(CC(=O)O)CN2CCCCC2)cc1. The molecule has 0 bridgehead atoms. The maximum Gasteiger partial charge on any atom is 0.304 e. The summed E-state index contributed by atoms with van der Waals surface area (Å²) in [6.07, 6.45) is 4.34. The van der Waals surface area contributed by atoms with E-state index in [9.17, 15) is 9.59 Å². The lowest BCUT2D eigenvalue weighted by Gasteiger charge is -2.29. The Morgan fingerprint density at radius 3 is 2.32 bits per heavy atom. The van der Waals surface area contributed by atoms with Crippen molar-refractivity contribution in [1.82, 2.24) is 4.90 Å². The molecule has 1 atom stereocenters. The summed E-state index contributed by atoms with van der Waals surface area (Å²) >= 11 is 0. The molecule has 1 aliphatic heterocycles. The number of aliphatic carboxylic acids is 1. The summed E-state index contributed by atoms with van der Waals surface area (Å²) in [6.45, 7) is 4.57. The fourth-order valence-corrected chi connectivity index (χ4v) is 3.05. The number of aryl methyl sites for hydroxylation is 1. The quantitative estimate of drug-likeness (QED) is 0.787. The molecule has 120 valence electrons. The highest BCUT2D eigenvalue weighted by Gasteiger charge is 2.26. The summed E-state index contributed by atoms with van der Waals surface area (Å²) in [5.74, 6) is -1.40. The van der Waals surface area contributed by atoms with E-state index in [1.54, 1.807) is 0 Å². The molecule has 4 heteroatoms. The number of hydrogen-bond acceptors (Lipinski definition) is 3. The lowest BCUT2D eigenvalue weighted by Crippen LogP contribution is -2.37. The van der Waals surface area contributed by atoms with Gasteiger partial charge in [0.05, 0.1) is 6.42 Å². The normalized spacial score (nSPS) is 17.1. The number of hydrogen-bond donors (Lipinski definition) is 1. The summed E-state index contributed by atoms with van der Waals surface area (Å²) in [6, 6.07) is 7.55. The van der Waals surface area contributed by atoms with Crippen molar-refractivity contribution in [1.29, 1.82) is 0 Å². The van der Waals surface area contributed by atoms with Crippen LogP contribution in [0.3, 0.4) is 0 Å². The van der Waals surface area contributed by atoms with Gasteiger partial charge >= 0.3 is 5.97 Å². The minimum atomic E-state index is -0.902. The molecule has 1 heterocycles. The first-order chi connectivity index (χ1) is 10.6. The van der Waals surface area contributed by atoms with Crippen molar-refractivity contribution < 1.29 is 14.7 Å². The van der Waals surface area contributed by atoms with Crippen LogP contribution in [0.2, 0.25) is 0 Å². The Labute approximate surface area is 132 Å². The van der Waals surface area contributed by atoms with Gasteiger partial charge in [0, 0.05) is 18.0 Å². The van der Waals surface area contributed by atoms with Gasteiger partial charge in [-0.25, -0.2) is 0 Å². The molecular weight excluding hydrogens is 278 g/mol. The Balaban J connectivity index is 2.08. The van der Waals surface area contributed by atoms with Crippen molar-refractivity contribution in [3.8, 4) is 0 Å². The molecule has 0 spiro atoms. The van der Waals surface area contributed by atoms with Gasteiger partial charge in [-0.05, 0) is 37.9 Å². The number of Topliss-reactive ketones (excluding diaryl/α,β-unsaturated/α-hetero) is 1. The van der Waals surface area contributed by atoms with E-state index in [1.165, 1.54) is 12.0 Å². The zero-order valence-corrected chi connectivity index (χ0v) is 13.3. The molecule has 1 aromatic rings. The Kier molecular flexibility index (Phi) is 6.13. The van der Waals surface area contributed by atoms with E-state index >= 15 is 0 Å². The molecule has 1 unspecified atom stereocenters. The summed E-state index contributed by atoms with van der Waals surface area (Å²) in [5, 5.41) is 9.12. The van der Waals surface area contributed by atoms with E-state index in [0.29, 0.717) is 12.1 Å². The Bertz CT molecular complexity index is 504. The molecule has 22 heavy (non-hydrogen) atoms.